The van der Waals surface area contributed by atoms with Gasteiger partial charge in [-0.2, -0.15) is 0 Å². The number of aromatic nitrogens is 7. The van der Waals surface area contributed by atoms with Gasteiger partial charge < -0.3 is 5.32 Å². The van der Waals surface area contributed by atoms with Crippen LogP contribution in [0, 0.1) is 6.92 Å². The first-order valence-electron chi connectivity index (χ1n) is 11.2. The predicted octanol–water partition coefficient (Wildman–Crippen LogP) is 2.26. The van der Waals surface area contributed by atoms with E-state index in [9.17, 15) is 13.2 Å². The van der Waals surface area contributed by atoms with E-state index >= 15 is 0 Å². The molecule has 0 spiro atoms. The molecule has 0 bridgehead atoms. The minimum absolute atomic E-state index is 0.135. The van der Waals surface area contributed by atoms with Crippen molar-refractivity contribution in [3.8, 4) is 11.4 Å². The van der Waals surface area contributed by atoms with Gasteiger partial charge in [-0.3, -0.25) is 14.3 Å². The highest BCUT2D eigenvalue weighted by Gasteiger charge is 2.30. The Bertz CT molecular complexity index is 1600. The van der Waals surface area contributed by atoms with Crippen LogP contribution in [0.25, 0.3) is 22.6 Å². The van der Waals surface area contributed by atoms with Gasteiger partial charge in [-0.1, -0.05) is 0 Å². The molecule has 0 amide bonds. The largest absolute Gasteiger partial charge is 0.360 e. The SMILES string of the molecule is CCn1c(=O)c(NCc2ccc(S(C)(=O)=O)cn2)nc2cnc(-c3c(C)ncnc3C3CC3)nc21. The molecule has 0 unspecified atom stereocenters. The van der Waals surface area contributed by atoms with Crippen LogP contribution in [-0.4, -0.2) is 49.1 Å². The molecule has 35 heavy (non-hydrogen) atoms. The van der Waals surface area contributed by atoms with E-state index in [1.807, 2.05) is 13.8 Å². The molecule has 0 radical (unpaired) electrons. The lowest BCUT2D eigenvalue weighted by Crippen LogP contribution is -2.26. The van der Waals surface area contributed by atoms with E-state index < -0.39 is 9.84 Å². The average Bonchev–Trinajstić information content (AvgIpc) is 3.68. The molecule has 11 nitrogen and oxygen atoms in total. The number of rotatable bonds is 7. The monoisotopic (exact) mass is 492 g/mol. The van der Waals surface area contributed by atoms with Crippen molar-refractivity contribution in [2.75, 3.05) is 11.6 Å². The minimum Gasteiger partial charge on any atom is -0.360 e. The maximum absolute atomic E-state index is 13.2. The minimum atomic E-state index is -3.33. The van der Waals surface area contributed by atoms with Crippen molar-refractivity contribution in [2.24, 2.45) is 0 Å². The van der Waals surface area contributed by atoms with Crippen molar-refractivity contribution in [3.05, 3.63) is 58.3 Å². The second-order valence-electron chi connectivity index (χ2n) is 8.52. The van der Waals surface area contributed by atoms with Gasteiger partial charge in [0, 0.05) is 24.9 Å². The van der Waals surface area contributed by atoms with Crippen molar-refractivity contribution >= 4 is 26.8 Å². The fourth-order valence-corrected chi connectivity index (χ4v) is 4.47. The van der Waals surface area contributed by atoms with Crippen LogP contribution < -0.4 is 10.9 Å². The number of nitrogens with one attached hydrogen (secondary N) is 1. The first-order valence-corrected chi connectivity index (χ1v) is 13.1. The molecule has 1 N–H and O–H groups in total. The molecule has 4 heterocycles. The Hall–Kier alpha value is -3.80. The summed E-state index contributed by atoms with van der Waals surface area (Å²) < 4.78 is 24.8. The molecule has 1 saturated carbocycles. The maximum atomic E-state index is 13.2. The van der Waals surface area contributed by atoms with E-state index in [4.69, 9.17) is 4.98 Å². The molecule has 1 fully saturated rings. The third kappa shape index (κ3) is 4.48. The Morgan fingerprint density at radius 1 is 1.09 bits per heavy atom. The molecule has 1 aliphatic carbocycles. The Labute approximate surface area is 201 Å². The first-order chi connectivity index (χ1) is 16.8. The van der Waals surface area contributed by atoms with Gasteiger partial charge in [0.1, 0.15) is 11.8 Å². The fourth-order valence-electron chi connectivity index (χ4n) is 3.91. The second kappa shape index (κ2) is 8.77. The number of sulfone groups is 1. The van der Waals surface area contributed by atoms with Crippen LogP contribution in [0.15, 0.2) is 40.5 Å². The Morgan fingerprint density at radius 3 is 2.54 bits per heavy atom. The molecule has 180 valence electrons. The molecule has 0 atom stereocenters. The van der Waals surface area contributed by atoms with Crippen LogP contribution in [0.3, 0.4) is 0 Å². The van der Waals surface area contributed by atoms with E-state index in [-0.39, 0.29) is 22.8 Å². The summed E-state index contributed by atoms with van der Waals surface area (Å²) in [6.07, 6.45) is 7.76. The zero-order valence-electron chi connectivity index (χ0n) is 19.6. The van der Waals surface area contributed by atoms with Crippen molar-refractivity contribution in [1.82, 2.24) is 34.5 Å². The van der Waals surface area contributed by atoms with E-state index in [0.29, 0.717) is 35.1 Å². The average molecular weight is 493 g/mol. The molecular weight excluding hydrogens is 468 g/mol. The van der Waals surface area contributed by atoms with Gasteiger partial charge in [0.2, 0.25) is 0 Å². The Kier molecular flexibility index (Phi) is 5.75. The molecule has 5 rings (SSSR count). The molecule has 0 saturated heterocycles. The molecule has 0 aromatic carbocycles. The van der Waals surface area contributed by atoms with Gasteiger partial charge in [0.25, 0.3) is 5.56 Å². The highest BCUT2D eigenvalue weighted by molar-refractivity contribution is 7.90. The summed E-state index contributed by atoms with van der Waals surface area (Å²) in [5, 5.41) is 3.01. The van der Waals surface area contributed by atoms with Gasteiger partial charge in [-0.05, 0) is 38.8 Å². The van der Waals surface area contributed by atoms with Crippen molar-refractivity contribution in [3.63, 3.8) is 0 Å². The molecule has 12 heteroatoms. The van der Waals surface area contributed by atoms with Crippen molar-refractivity contribution in [2.45, 2.75) is 50.6 Å². The number of aryl methyl sites for hydroxylation is 2. The van der Waals surface area contributed by atoms with E-state index in [2.05, 4.69) is 30.2 Å². The summed E-state index contributed by atoms with van der Waals surface area (Å²) in [6, 6.07) is 3.08. The molecule has 1 aliphatic rings. The third-order valence-electron chi connectivity index (χ3n) is 5.92. The zero-order valence-corrected chi connectivity index (χ0v) is 20.4. The summed E-state index contributed by atoms with van der Waals surface area (Å²) in [5.41, 5.74) is 3.73. The van der Waals surface area contributed by atoms with Crippen LogP contribution in [0.1, 0.15) is 42.8 Å². The standard InChI is InChI=1S/C23H24N8O3S/c1-4-31-22-17(11-26-20(30-22)18-13(2)27-12-28-19(18)14-5-6-14)29-21(23(31)32)25-9-15-7-8-16(10-24-15)35(3,33)34/h7-8,10-12,14H,4-6,9H2,1-3H3,(H,25,29). The summed E-state index contributed by atoms with van der Waals surface area (Å²) in [5.74, 6) is 1.02. The van der Waals surface area contributed by atoms with E-state index in [0.717, 1.165) is 36.0 Å². The Morgan fingerprint density at radius 2 is 1.89 bits per heavy atom. The van der Waals surface area contributed by atoms with Gasteiger partial charge in [0.05, 0.1) is 40.3 Å². The molecular formula is C23H24N8O3S. The topological polar surface area (TPSA) is 146 Å². The summed E-state index contributed by atoms with van der Waals surface area (Å²) in [4.78, 5) is 40.0. The first kappa shape index (κ1) is 23.0. The highest BCUT2D eigenvalue weighted by Crippen LogP contribution is 2.43. The van der Waals surface area contributed by atoms with E-state index in [1.165, 1.54) is 12.3 Å². The number of hydrogen-bond acceptors (Lipinski definition) is 10. The van der Waals surface area contributed by atoms with Gasteiger partial charge in [0.15, 0.2) is 27.1 Å². The molecule has 4 aromatic rings. The number of hydrogen-bond donors (Lipinski definition) is 1. The van der Waals surface area contributed by atoms with Crippen molar-refractivity contribution < 1.29 is 8.42 Å². The van der Waals surface area contributed by atoms with Crippen molar-refractivity contribution in [1.29, 1.82) is 0 Å². The smallest absolute Gasteiger partial charge is 0.294 e. The molecule has 0 aliphatic heterocycles. The predicted molar refractivity (Wildman–Crippen MR) is 130 cm³/mol. The summed E-state index contributed by atoms with van der Waals surface area (Å²) in [6.45, 7) is 4.37. The lowest BCUT2D eigenvalue weighted by molar-refractivity contribution is 0.601. The van der Waals surface area contributed by atoms with Gasteiger partial charge in [-0.15, -0.1) is 0 Å². The lowest BCUT2D eigenvalue weighted by atomic mass is 10.1. The van der Waals surface area contributed by atoms with Gasteiger partial charge >= 0.3 is 0 Å². The quantitative estimate of drug-likeness (QED) is 0.407. The zero-order chi connectivity index (χ0) is 24.7. The summed E-state index contributed by atoms with van der Waals surface area (Å²) in [7, 11) is -3.33. The fraction of sp³-hybridized carbons (Fsp3) is 0.348. The summed E-state index contributed by atoms with van der Waals surface area (Å²) >= 11 is 0. The van der Waals surface area contributed by atoms with Gasteiger partial charge in [-0.25, -0.2) is 33.3 Å². The lowest BCUT2D eigenvalue weighted by Gasteiger charge is -2.13. The number of nitrogens with zero attached hydrogens (tertiary/aromatic N) is 7. The number of fused-ring (bicyclic) bond motifs is 1. The van der Waals surface area contributed by atoms with Crippen LogP contribution >= 0.6 is 0 Å². The third-order valence-corrected chi connectivity index (χ3v) is 7.02. The van der Waals surface area contributed by atoms with Crippen LogP contribution in [0.5, 0.6) is 0 Å². The normalized spacial score (nSPS) is 13.8. The molecule has 4 aromatic heterocycles. The van der Waals surface area contributed by atoms with Crippen LogP contribution in [0.2, 0.25) is 0 Å². The number of anilines is 1. The number of pyridine rings is 1. The van der Waals surface area contributed by atoms with Crippen LogP contribution in [0.4, 0.5) is 5.82 Å². The van der Waals surface area contributed by atoms with E-state index in [1.54, 1.807) is 23.2 Å². The second-order valence-corrected chi connectivity index (χ2v) is 10.5. The highest BCUT2D eigenvalue weighted by atomic mass is 32.2. The van der Waals surface area contributed by atoms with Crippen LogP contribution in [-0.2, 0) is 22.9 Å². The maximum Gasteiger partial charge on any atom is 0.294 e. The Balaban J connectivity index is 1.50.